The third-order valence-electron chi connectivity index (χ3n) is 6.25. The summed E-state index contributed by atoms with van der Waals surface area (Å²) in [7, 11) is 0. The van der Waals surface area contributed by atoms with Crippen LogP contribution in [0.3, 0.4) is 0 Å². The third kappa shape index (κ3) is 2.74. The maximum Gasteiger partial charge on any atom is 0.223 e. The molecule has 4 fully saturated rings. The van der Waals surface area contributed by atoms with Crippen molar-refractivity contribution in [3.63, 3.8) is 0 Å². The summed E-state index contributed by atoms with van der Waals surface area (Å²) < 4.78 is 0. The van der Waals surface area contributed by atoms with Crippen LogP contribution in [0.1, 0.15) is 51.9 Å². The van der Waals surface area contributed by atoms with Gasteiger partial charge >= 0.3 is 0 Å². The minimum atomic E-state index is 0.332. The monoisotopic (exact) mass is 278 g/mol. The van der Waals surface area contributed by atoms with Crippen LogP contribution >= 0.6 is 0 Å². The molecule has 1 atom stereocenters. The molecule has 0 aliphatic heterocycles. The Morgan fingerprint density at radius 1 is 1.15 bits per heavy atom. The largest absolute Gasteiger partial charge is 0.356 e. The van der Waals surface area contributed by atoms with Crippen molar-refractivity contribution in [3.05, 3.63) is 0 Å². The molecule has 4 aliphatic rings. The summed E-state index contributed by atoms with van der Waals surface area (Å²) in [5, 5.41) is 3.25. The van der Waals surface area contributed by atoms with E-state index in [1.165, 1.54) is 32.1 Å². The van der Waals surface area contributed by atoms with E-state index in [-0.39, 0.29) is 0 Å². The van der Waals surface area contributed by atoms with Gasteiger partial charge in [-0.1, -0.05) is 13.3 Å². The second-order valence-corrected chi connectivity index (χ2v) is 7.55. The molecule has 20 heavy (non-hydrogen) atoms. The number of carbonyl (C=O) groups excluding carboxylic acids is 1. The van der Waals surface area contributed by atoms with Gasteiger partial charge in [-0.25, -0.2) is 0 Å². The molecule has 0 aromatic heterocycles. The van der Waals surface area contributed by atoms with Crippen LogP contribution in [0.5, 0.6) is 0 Å². The van der Waals surface area contributed by atoms with E-state index in [0.29, 0.717) is 29.6 Å². The van der Waals surface area contributed by atoms with Crippen LogP contribution in [0.4, 0.5) is 0 Å². The van der Waals surface area contributed by atoms with Crippen LogP contribution < -0.4 is 11.1 Å². The molecule has 4 rings (SSSR count). The fraction of sp³-hybridized carbons (Fsp3) is 0.941. The minimum Gasteiger partial charge on any atom is -0.356 e. The lowest BCUT2D eigenvalue weighted by atomic mass is 9.51. The molecule has 0 aromatic carbocycles. The fourth-order valence-electron chi connectivity index (χ4n) is 5.40. The van der Waals surface area contributed by atoms with Crippen molar-refractivity contribution in [1.29, 1.82) is 0 Å². The summed E-state index contributed by atoms with van der Waals surface area (Å²) in [5.74, 6) is 4.53. The summed E-state index contributed by atoms with van der Waals surface area (Å²) in [6.45, 7) is 3.75. The summed E-state index contributed by atoms with van der Waals surface area (Å²) in [6.07, 6.45) is 8.89. The van der Waals surface area contributed by atoms with Crippen molar-refractivity contribution in [2.45, 2.75) is 51.9 Å². The van der Waals surface area contributed by atoms with Crippen LogP contribution in [-0.4, -0.2) is 19.0 Å². The van der Waals surface area contributed by atoms with Gasteiger partial charge in [-0.05, 0) is 74.7 Å². The van der Waals surface area contributed by atoms with Gasteiger partial charge in [0.2, 0.25) is 5.91 Å². The Kier molecular flexibility index (Phi) is 4.34. The highest BCUT2D eigenvalue weighted by Gasteiger charge is 2.50. The highest BCUT2D eigenvalue weighted by Crippen LogP contribution is 2.56. The van der Waals surface area contributed by atoms with E-state index in [1.54, 1.807) is 0 Å². The highest BCUT2D eigenvalue weighted by molar-refractivity contribution is 5.79. The van der Waals surface area contributed by atoms with Gasteiger partial charge in [-0.15, -0.1) is 0 Å². The molecule has 1 amide bonds. The summed E-state index contributed by atoms with van der Waals surface area (Å²) in [5.41, 5.74) is 5.64. The molecule has 4 aliphatic carbocycles. The van der Waals surface area contributed by atoms with E-state index >= 15 is 0 Å². The lowest BCUT2D eigenvalue weighted by Crippen LogP contribution is -2.51. The molecule has 3 N–H and O–H groups in total. The van der Waals surface area contributed by atoms with Gasteiger partial charge in [-0.2, -0.15) is 0 Å². The van der Waals surface area contributed by atoms with Crippen molar-refractivity contribution in [2.75, 3.05) is 13.1 Å². The first-order valence-electron chi connectivity index (χ1n) is 8.69. The topological polar surface area (TPSA) is 55.1 Å². The van der Waals surface area contributed by atoms with E-state index in [0.717, 1.165) is 37.8 Å². The Morgan fingerprint density at radius 3 is 2.25 bits per heavy atom. The molecule has 3 heteroatoms. The number of amides is 1. The Morgan fingerprint density at radius 2 is 1.75 bits per heavy atom. The summed E-state index contributed by atoms with van der Waals surface area (Å²) in [4.78, 5) is 12.6. The molecule has 0 radical (unpaired) electrons. The van der Waals surface area contributed by atoms with Crippen molar-refractivity contribution >= 4 is 5.91 Å². The number of rotatable bonds is 6. The molecule has 114 valence electrons. The van der Waals surface area contributed by atoms with Crippen molar-refractivity contribution in [1.82, 2.24) is 5.32 Å². The van der Waals surface area contributed by atoms with Crippen molar-refractivity contribution in [2.24, 2.45) is 41.2 Å². The first kappa shape index (κ1) is 14.4. The number of nitrogens with two attached hydrogens (primary N) is 1. The fourth-order valence-corrected chi connectivity index (χ4v) is 5.40. The first-order chi connectivity index (χ1) is 9.71. The number of nitrogens with one attached hydrogen (secondary N) is 1. The van der Waals surface area contributed by atoms with Crippen LogP contribution in [0, 0.1) is 35.5 Å². The predicted molar refractivity (Wildman–Crippen MR) is 81.0 cm³/mol. The van der Waals surface area contributed by atoms with Gasteiger partial charge in [0.05, 0.1) is 0 Å². The number of carbonyl (C=O) groups is 1. The zero-order valence-electron chi connectivity index (χ0n) is 12.8. The predicted octanol–water partition coefficient (Wildman–Crippen LogP) is 2.55. The molecule has 3 nitrogen and oxygen atoms in total. The molecule has 4 bridgehead atoms. The van der Waals surface area contributed by atoms with Gasteiger partial charge in [-0.3, -0.25) is 4.79 Å². The molecule has 0 spiro atoms. The van der Waals surface area contributed by atoms with E-state index < -0.39 is 0 Å². The zero-order chi connectivity index (χ0) is 14.1. The molecule has 0 saturated heterocycles. The maximum atomic E-state index is 12.6. The minimum absolute atomic E-state index is 0.332. The Labute approximate surface area is 123 Å². The summed E-state index contributed by atoms with van der Waals surface area (Å²) in [6, 6.07) is 0. The molecular formula is C17H30N2O. The third-order valence-corrected chi connectivity index (χ3v) is 6.25. The second kappa shape index (κ2) is 6.05. The van der Waals surface area contributed by atoms with Crippen LogP contribution in [0.15, 0.2) is 0 Å². The normalized spacial score (nSPS) is 39.8. The Bertz CT molecular complexity index is 327. The Hall–Kier alpha value is -0.570. The van der Waals surface area contributed by atoms with E-state index in [2.05, 4.69) is 12.2 Å². The average Bonchev–Trinajstić information content (AvgIpc) is 2.42. The lowest BCUT2D eigenvalue weighted by molar-refractivity contribution is -0.138. The second-order valence-electron chi connectivity index (χ2n) is 7.55. The average molecular weight is 278 g/mol. The zero-order valence-corrected chi connectivity index (χ0v) is 12.8. The molecular weight excluding hydrogens is 248 g/mol. The van der Waals surface area contributed by atoms with Crippen LogP contribution in [-0.2, 0) is 4.79 Å². The van der Waals surface area contributed by atoms with Gasteiger partial charge in [0.15, 0.2) is 0 Å². The van der Waals surface area contributed by atoms with E-state index in [9.17, 15) is 4.79 Å². The smallest absolute Gasteiger partial charge is 0.223 e. The van der Waals surface area contributed by atoms with Gasteiger partial charge in [0, 0.05) is 12.5 Å². The number of hydrogen-bond acceptors (Lipinski definition) is 2. The van der Waals surface area contributed by atoms with Gasteiger partial charge < -0.3 is 11.1 Å². The quantitative estimate of drug-likeness (QED) is 0.784. The standard InChI is InChI=1S/C17H30N2O/c1-2-11(3-4-18)10-19-17(20)16-14-6-12-5-13(8-14)9-15(16)7-12/h11-16H,2-10,18H2,1H3,(H,19,20). The SMILES string of the molecule is CCC(CCN)CNC(=O)C1C2CC3CC(C2)CC1C3. The molecule has 0 heterocycles. The first-order valence-corrected chi connectivity index (χ1v) is 8.69. The van der Waals surface area contributed by atoms with E-state index in [1.807, 2.05) is 0 Å². The van der Waals surface area contributed by atoms with Crippen molar-refractivity contribution in [3.8, 4) is 0 Å². The van der Waals surface area contributed by atoms with Gasteiger partial charge in [0.1, 0.15) is 0 Å². The highest BCUT2D eigenvalue weighted by atomic mass is 16.1. The van der Waals surface area contributed by atoms with E-state index in [4.69, 9.17) is 5.73 Å². The van der Waals surface area contributed by atoms with Crippen LogP contribution in [0.25, 0.3) is 0 Å². The maximum absolute atomic E-state index is 12.6. The molecule has 1 unspecified atom stereocenters. The summed E-state index contributed by atoms with van der Waals surface area (Å²) >= 11 is 0. The van der Waals surface area contributed by atoms with Gasteiger partial charge in [0.25, 0.3) is 0 Å². The lowest BCUT2D eigenvalue weighted by Gasteiger charge is -2.53. The Balaban J connectivity index is 1.55. The van der Waals surface area contributed by atoms with Crippen molar-refractivity contribution < 1.29 is 4.79 Å². The molecule has 4 saturated carbocycles. The number of hydrogen-bond donors (Lipinski definition) is 2. The molecule has 0 aromatic rings. The van der Waals surface area contributed by atoms with Crippen LogP contribution in [0.2, 0.25) is 0 Å².